The van der Waals surface area contributed by atoms with E-state index >= 15 is 0 Å². The summed E-state index contributed by atoms with van der Waals surface area (Å²) in [6.07, 6.45) is 5.05. The molecule has 1 aromatic carbocycles. The van der Waals surface area contributed by atoms with Gasteiger partial charge in [-0.05, 0) is 46.7 Å². The number of carbonyl (C=O) groups excluding carboxylic acids is 1. The summed E-state index contributed by atoms with van der Waals surface area (Å²) in [6.45, 7) is 3.41. The van der Waals surface area contributed by atoms with E-state index in [1.165, 1.54) is 0 Å². The second-order valence-corrected chi connectivity index (χ2v) is 7.97. The molecule has 1 atom stereocenters. The zero-order chi connectivity index (χ0) is 17.6. The monoisotopic (exact) mass is 421 g/mol. The predicted molar refractivity (Wildman–Crippen MR) is 102 cm³/mol. The fraction of sp³-hybridized carbons (Fsp3) is 0.389. The number of hydrogen-bond donors (Lipinski definition) is 0. The van der Waals surface area contributed by atoms with Crippen LogP contribution >= 0.6 is 27.7 Å². The Labute approximate surface area is 160 Å². The van der Waals surface area contributed by atoms with Gasteiger partial charge in [0.2, 0.25) is 0 Å². The molecule has 0 N–H and O–H groups in total. The Morgan fingerprint density at radius 2 is 2.12 bits per heavy atom. The van der Waals surface area contributed by atoms with Crippen LogP contribution in [0.1, 0.15) is 30.1 Å². The lowest BCUT2D eigenvalue weighted by atomic mass is 10.1. The van der Waals surface area contributed by atoms with Gasteiger partial charge in [-0.1, -0.05) is 19.1 Å². The van der Waals surface area contributed by atoms with Crippen molar-refractivity contribution in [1.82, 2.24) is 14.9 Å². The third kappa shape index (κ3) is 4.73. The first-order valence-corrected chi connectivity index (χ1v) is 10.1. The number of hydrogen-bond acceptors (Lipinski definition) is 5. The van der Waals surface area contributed by atoms with Crippen LogP contribution in [0.25, 0.3) is 0 Å². The van der Waals surface area contributed by atoms with Gasteiger partial charge in [0, 0.05) is 23.8 Å². The summed E-state index contributed by atoms with van der Waals surface area (Å²) in [5.41, 5.74) is 0.773. The number of piperidine rings is 1. The van der Waals surface area contributed by atoms with Crippen LogP contribution < -0.4 is 4.74 Å². The third-order valence-corrected chi connectivity index (χ3v) is 5.32. The van der Waals surface area contributed by atoms with Crippen molar-refractivity contribution in [2.75, 3.05) is 18.8 Å². The molecular weight excluding hydrogens is 402 g/mol. The smallest absolute Gasteiger partial charge is 0.316 e. The summed E-state index contributed by atoms with van der Waals surface area (Å²) in [5, 5.41) is 0. The van der Waals surface area contributed by atoms with Crippen LogP contribution in [-0.4, -0.2) is 45.7 Å². The van der Waals surface area contributed by atoms with Gasteiger partial charge in [-0.25, -0.2) is 9.97 Å². The van der Waals surface area contributed by atoms with E-state index < -0.39 is 0 Å². The number of ether oxygens (including phenoxy) is 1. The van der Waals surface area contributed by atoms with Gasteiger partial charge in [0.25, 0.3) is 5.91 Å². The lowest BCUT2D eigenvalue weighted by molar-refractivity contribution is 0.0512. The van der Waals surface area contributed by atoms with Crippen LogP contribution in [0.5, 0.6) is 6.01 Å². The predicted octanol–water partition coefficient (Wildman–Crippen LogP) is 4.03. The van der Waals surface area contributed by atoms with Crippen molar-refractivity contribution >= 4 is 33.6 Å². The molecule has 0 spiro atoms. The molecule has 0 saturated carbocycles. The van der Waals surface area contributed by atoms with Gasteiger partial charge in [-0.3, -0.25) is 4.79 Å². The van der Waals surface area contributed by atoms with E-state index in [-0.39, 0.29) is 12.0 Å². The van der Waals surface area contributed by atoms with Crippen LogP contribution in [0.2, 0.25) is 0 Å². The number of amides is 1. The first-order valence-electron chi connectivity index (χ1n) is 8.32. The number of likely N-dealkylation sites (tertiary alicyclic amines) is 1. The van der Waals surface area contributed by atoms with E-state index in [0.717, 1.165) is 40.1 Å². The summed E-state index contributed by atoms with van der Waals surface area (Å²) in [5.74, 6) is 1.01. The molecule has 1 amide bonds. The quantitative estimate of drug-likeness (QED) is 0.681. The van der Waals surface area contributed by atoms with Crippen LogP contribution in [0.15, 0.2) is 46.0 Å². The van der Waals surface area contributed by atoms with E-state index in [4.69, 9.17) is 4.74 Å². The maximum absolute atomic E-state index is 13.0. The summed E-state index contributed by atoms with van der Waals surface area (Å²) in [7, 11) is 0. The van der Waals surface area contributed by atoms with Gasteiger partial charge in [-0.15, -0.1) is 11.8 Å². The van der Waals surface area contributed by atoms with Crippen molar-refractivity contribution in [3.63, 3.8) is 0 Å². The highest BCUT2D eigenvalue weighted by atomic mass is 79.9. The minimum absolute atomic E-state index is 0.0709. The lowest BCUT2D eigenvalue weighted by Gasteiger charge is -2.32. The van der Waals surface area contributed by atoms with E-state index in [0.29, 0.717) is 12.6 Å². The van der Waals surface area contributed by atoms with Crippen LogP contribution in [0.4, 0.5) is 0 Å². The van der Waals surface area contributed by atoms with E-state index in [1.807, 2.05) is 29.2 Å². The molecule has 0 bridgehead atoms. The Hall–Kier alpha value is -1.60. The zero-order valence-corrected chi connectivity index (χ0v) is 16.4. The molecule has 1 aliphatic rings. The van der Waals surface area contributed by atoms with E-state index in [1.54, 1.807) is 24.2 Å². The van der Waals surface area contributed by atoms with Gasteiger partial charge in [0.05, 0.1) is 16.6 Å². The molecule has 3 rings (SSSR count). The molecule has 1 saturated heterocycles. The topological polar surface area (TPSA) is 55.3 Å². The minimum atomic E-state index is -0.0788. The number of thioether (sulfide) groups is 1. The highest BCUT2D eigenvalue weighted by molar-refractivity contribution is 9.10. The van der Waals surface area contributed by atoms with Gasteiger partial charge in [0.15, 0.2) is 0 Å². The van der Waals surface area contributed by atoms with E-state index in [9.17, 15) is 4.79 Å². The van der Waals surface area contributed by atoms with Crippen molar-refractivity contribution < 1.29 is 9.53 Å². The minimum Gasteiger partial charge on any atom is -0.458 e. The molecule has 132 valence electrons. The number of carbonyl (C=O) groups is 1. The molecule has 7 heteroatoms. The normalized spacial score (nSPS) is 17.4. The molecule has 1 aromatic heterocycles. The average Bonchev–Trinajstić information content (AvgIpc) is 2.64. The van der Waals surface area contributed by atoms with Crippen molar-refractivity contribution in [3.05, 3.63) is 46.7 Å². The highest BCUT2D eigenvalue weighted by Gasteiger charge is 2.27. The molecule has 1 fully saturated rings. The Morgan fingerprint density at radius 3 is 2.88 bits per heavy atom. The summed E-state index contributed by atoms with van der Waals surface area (Å²) < 4.78 is 6.67. The van der Waals surface area contributed by atoms with Gasteiger partial charge < -0.3 is 9.64 Å². The molecule has 2 aromatic rings. The summed E-state index contributed by atoms with van der Waals surface area (Å²) in [6, 6.07) is 8.16. The molecule has 0 radical (unpaired) electrons. The largest absolute Gasteiger partial charge is 0.458 e. The molecule has 25 heavy (non-hydrogen) atoms. The number of benzene rings is 1. The lowest BCUT2D eigenvalue weighted by Crippen LogP contribution is -2.44. The molecule has 1 aliphatic heterocycles. The van der Waals surface area contributed by atoms with Crippen molar-refractivity contribution in [2.45, 2.75) is 30.8 Å². The first kappa shape index (κ1) is 18.2. The first-order chi connectivity index (χ1) is 12.2. The van der Waals surface area contributed by atoms with Crippen LogP contribution in [0.3, 0.4) is 0 Å². The second-order valence-electron chi connectivity index (χ2n) is 5.75. The molecule has 1 unspecified atom stereocenters. The van der Waals surface area contributed by atoms with Crippen LogP contribution in [0, 0.1) is 0 Å². The standard InChI is InChI=1S/C18H20BrN3O2S/c1-2-25-16-8-4-3-7-15(16)17(23)22-9-5-6-14(12-22)24-18-20-10-13(19)11-21-18/h3-4,7-8,10-11,14H,2,5-6,9,12H2,1H3. The Kier molecular flexibility index (Phi) is 6.31. The Balaban J connectivity index is 1.68. The van der Waals surface area contributed by atoms with Crippen molar-refractivity contribution in [1.29, 1.82) is 0 Å². The Bertz CT molecular complexity index is 727. The maximum Gasteiger partial charge on any atom is 0.316 e. The number of halogens is 1. The number of nitrogens with zero attached hydrogens (tertiary/aromatic N) is 3. The second kappa shape index (κ2) is 8.67. The van der Waals surface area contributed by atoms with Gasteiger partial charge in [0.1, 0.15) is 6.10 Å². The summed E-state index contributed by atoms with van der Waals surface area (Å²) >= 11 is 5.00. The van der Waals surface area contributed by atoms with Crippen molar-refractivity contribution in [2.24, 2.45) is 0 Å². The molecule has 0 aliphatic carbocycles. The highest BCUT2D eigenvalue weighted by Crippen LogP contribution is 2.25. The Morgan fingerprint density at radius 1 is 1.36 bits per heavy atom. The zero-order valence-electron chi connectivity index (χ0n) is 14.0. The van der Waals surface area contributed by atoms with Gasteiger partial charge >= 0.3 is 6.01 Å². The average molecular weight is 422 g/mol. The van der Waals surface area contributed by atoms with E-state index in [2.05, 4.69) is 32.8 Å². The molecular formula is C18H20BrN3O2S. The third-order valence-electron chi connectivity index (χ3n) is 3.95. The fourth-order valence-corrected chi connectivity index (χ4v) is 3.83. The number of rotatable bonds is 5. The van der Waals surface area contributed by atoms with Gasteiger partial charge in [-0.2, -0.15) is 0 Å². The number of aromatic nitrogens is 2. The van der Waals surface area contributed by atoms with Crippen LogP contribution in [-0.2, 0) is 0 Å². The van der Waals surface area contributed by atoms with Crippen molar-refractivity contribution in [3.8, 4) is 6.01 Å². The maximum atomic E-state index is 13.0. The molecule has 5 nitrogen and oxygen atoms in total. The SMILES string of the molecule is CCSc1ccccc1C(=O)N1CCCC(Oc2ncc(Br)cn2)C1. The fourth-order valence-electron chi connectivity index (χ4n) is 2.82. The molecule has 2 heterocycles. The summed E-state index contributed by atoms with van der Waals surface area (Å²) in [4.78, 5) is 24.2.